The maximum atomic E-state index is 12.2. The van der Waals surface area contributed by atoms with E-state index in [1.165, 1.54) is 4.90 Å². The van der Waals surface area contributed by atoms with Crippen molar-refractivity contribution in [1.82, 2.24) is 9.80 Å². The summed E-state index contributed by atoms with van der Waals surface area (Å²) in [6.07, 6.45) is 0.280. The smallest absolute Gasteiger partial charge is 0.416 e. The maximum Gasteiger partial charge on any atom is 0.416 e. The minimum atomic E-state index is -0.772. The molecule has 0 aromatic carbocycles. The molecular formula is C15H26N4O5. The molecule has 2 fully saturated rings. The van der Waals surface area contributed by atoms with E-state index < -0.39 is 11.1 Å². The number of hydrazone groups is 1. The summed E-state index contributed by atoms with van der Waals surface area (Å²) < 4.78 is 10.9. The lowest BCUT2D eigenvalue weighted by molar-refractivity contribution is -0.486. The van der Waals surface area contributed by atoms with Crippen LogP contribution in [0.4, 0.5) is 4.79 Å². The van der Waals surface area contributed by atoms with Crippen LogP contribution in [0, 0.1) is 22.0 Å². The highest BCUT2D eigenvalue weighted by molar-refractivity contribution is 5.95. The number of ether oxygens (including phenoxy) is 2. The summed E-state index contributed by atoms with van der Waals surface area (Å²) in [6, 6.07) is 0. The number of rotatable bonds is 5. The Bertz CT molecular complexity index is 520. The van der Waals surface area contributed by atoms with E-state index in [0.29, 0.717) is 26.2 Å². The van der Waals surface area contributed by atoms with Gasteiger partial charge in [-0.25, -0.2) is 19.8 Å². The summed E-state index contributed by atoms with van der Waals surface area (Å²) in [4.78, 5) is 26.1. The fourth-order valence-electron chi connectivity index (χ4n) is 3.03. The van der Waals surface area contributed by atoms with Gasteiger partial charge in [-0.05, 0) is 26.2 Å². The Morgan fingerprint density at radius 1 is 1.50 bits per heavy atom. The Morgan fingerprint density at radius 3 is 2.75 bits per heavy atom. The van der Waals surface area contributed by atoms with Gasteiger partial charge in [0.1, 0.15) is 5.10 Å². The Balaban J connectivity index is 2.04. The van der Waals surface area contributed by atoms with Crippen molar-refractivity contribution < 1.29 is 19.3 Å². The van der Waals surface area contributed by atoms with E-state index >= 15 is 0 Å². The molecule has 2 rings (SSSR count). The molecule has 2 saturated heterocycles. The number of hydrogen-bond donors (Lipinski definition) is 0. The molecule has 0 spiro atoms. The van der Waals surface area contributed by atoms with Crippen molar-refractivity contribution in [3.63, 3.8) is 0 Å². The van der Waals surface area contributed by atoms with Gasteiger partial charge < -0.3 is 14.4 Å². The SMILES string of the molecule is CC(C)COC(=O)N1CCN(CC2COC(C)(C)C2)C1=N[N+](=O)[O-]. The van der Waals surface area contributed by atoms with Gasteiger partial charge in [0, 0.05) is 19.0 Å². The van der Waals surface area contributed by atoms with Crippen LogP contribution in [0.15, 0.2) is 5.10 Å². The van der Waals surface area contributed by atoms with E-state index in [1.807, 2.05) is 27.7 Å². The van der Waals surface area contributed by atoms with Crippen LogP contribution < -0.4 is 0 Å². The zero-order valence-electron chi connectivity index (χ0n) is 14.7. The van der Waals surface area contributed by atoms with Crippen LogP contribution in [-0.2, 0) is 9.47 Å². The van der Waals surface area contributed by atoms with Crippen molar-refractivity contribution in [3.05, 3.63) is 10.1 Å². The predicted octanol–water partition coefficient (Wildman–Crippen LogP) is 1.76. The number of carbonyl (C=O) groups excluding carboxylic acids is 1. The van der Waals surface area contributed by atoms with E-state index in [2.05, 4.69) is 5.10 Å². The highest BCUT2D eigenvalue weighted by Gasteiger charge is 2.39. The number of hydrogen-bond acceptors (Lipinski definition) is 5. The molecule has 2 heterocycles. The number of carbonyl (C=O) groups is 1. The topological polar surface area (TPSA) is 97.5 Å². The molecule has 1 unspecified atom stereocenters. The summed E-state index contributed by atoms with van der Waals surface area (Å²) in [5, 5.41) is 13.5. The normalized spacial score (nSPS) is 24.9. The molecule has 0 aliphatic carbocycles. The third-order valence-electron chi connectivity index (χ3n) is 4.02. The monoisotopic (exact) mass is 342 g/mol. The Kier molecular flexibility index (Phi) is 5.63. The molecule has 1 amide bonds. The predicted molar refractivity (Wildman–Crippen MR) is 87.0 cm³/mol. The quantitative estimate of drug-likeness (QED) is 0.558. The molecule has 1 atom stereocenters. The largest absolute Gasteiger partial charge is 0.449 e. The van der Waals surface area contributed by atoms with Crippen LogP contribution in [0.25, 0.3) is 0 Å². The summed E-state index contributed by atoms with van der Waals surface area (Å²) in [5.41, 5.74) is -0.180. The highest BCUT2D eigenvalue weighted by atomic mass is 16.7. The summed E-state index contributed by atoms with van der Waals surface area (Å²) in [6.45, 7) is 10.2. The van der Waals surface area contributed by atoms with E-state index in [1.54, 1.807) is 4.90 Å². The van der Waals surface area contributed by atoms with Gasteiger partial charge in [-0.3, -0.25) is 0 Å². The Hall–Kier alpha value is -1.90. The second kappa shape index (κ2) is 7.33. The third kappa shape index (κ3) is 4.80. The van der Waals surface area contributed by atoms with Crippen LogP contribution in [0.2, 0.25) is 0 Å². The first-order valence-corrected chi connectivity index (χ1v) is 8.24. The van der Waals surface area contributed by atoms with Gasteiger partial charge in [0.05, 0.1) is 25.4 Å². The lowest BCUT2D eigenvalue weighted by Crippen LogP contribution is -2.40. The summed E-state index contributed by atoms with van der Waals surface area (Å²) in [5.74, 6) is 0.503. The molecule has 2 aliphatic heterocycles. The van der Waals surface area contributed by atoms with E-state index in [-0.39, 0.29) is 30.0 Å². The first-order chi connectivity index (χ1) is 11.2. The molecule has 136 valence electrons. The van der Waals surface area contributed by atoms with Gasteiger partial charge in [-0.1, -0.05) is 13.8 Å². The molecule has 0 saturated carbocycles. The molecule has 0 bridgehead atoms. The van der Waals surface area contributed by atoms with Gasteiger partial charge in [0.25, 0.3) is 5.96 Å². The molecule has 0 aromatic heterocycles. The van der Waals surface area contributed by atoms with Crippen molar-refractivity contribution in [2.75, 3.05) is 32.8 Å². The molecule has 0 radical (unpaired) electrons. The van der Waals surface area contributed by atoms with Crippen LogP contribution >= 0.6 is 0 Å². The minimum Gasteiger partial charge on any atom is -0.449 e. The standard InChI is InChI=1S/C15H26N4O5/c1-11(2)9-23-14(20)18-6-5-17(13(18)16-19(21)22)8-12-7-15(3,4)24-10-12/h11-12H,5-10H2,1-4H3. The molecule has 24 heavy (non-hydrogen) atoms. The first-order valence-electron chi connectivity index (χ1n) is 8.24. The molecule has 2 aliphatic rings. The summed E-state index contributed by atoms with van der Waals surface area (Å²) in [7, 11) is 0. The Labute approximate surface area is 141 Å². The Morgan fingerprint density at radius 2 is 2.21 bits per heavy atom. The van der Waals surface area contributed by atoms with E-state index in [4.69, 9.17) is 9.47 Å². The molecule has 9 nitrogen and oxygen atoms in total. The van der Waals surface area contributed by atoms with Crippen molar-refractivity contribution in [1.29, 1.82) is 0 Å². The van der Waals surface area contributed by atoms with Gasteiger partial charge in [0.2, 0.25) is 0 Å². The molecular weight excluding hydrogens is 316 g/mol. The average Bonchev–Trinajstić information content (AvgIpc) is 3.00. The van der Waals surface area contributed by atoms with E-state index in [0.717, 1.165) is 6.42 Å². The minimum absolute atomic E-state index is 0.0541. The van der Waals surface area contributed by atoms with Gasteiger partial charge in [-0.15, -0.1) is 0 Å². The van der Waals surface area contributed by atoms with Crippen LogP contribution in [0.3, 0.4) is 0 Å². The van der Waals surface area contributed by atoms with E-state index in [9.17, 15) is 14.9 Å². The zero-order valence-corrected chi connectivity index (χ0v) is 14.7. The number of guanidine groups is 1. The molecule has 9 heteroatoms. The van der Waals surface area contributed by atoms with Crippen LogP contribution in [-0.4, -0.2) is 65.3 Å². The second-order valence-electron chi connectivity index (χ2n) is 7.35. The molecule has 0 aromatic rings. The van der Waals surface area contributed by atoms with Gasteiger partial charge in [0.15, 0.2) is 5.03 Å². The molecule has 0 N–H and O–H groups in total. The van der Waals surface area contributed by atoms with Crippen LogP contribution in [0.5, 0.6) is 0 Å². The summed E-state index contributed by atoms with van der Waals surface area (Å²) >= 11 is 0. The third-order valence-corrected chi connectivity index (χ3v) is 4.02. The zero-order chi connectivity index (χ0) is 17.9. The lowest BCUT2D eigenvalue weighted by atomic mass is 9.97. The van der Waals surface area contributed by atoms with Gasteiger partial charge in [-0.2, -0.15) is 0 Å². The van der Waals surface area contributed by atoms with Crippen molar-refractivity contribution >= 4 is 12.1 Å². The van der Waals surface area contributed by atoms with Gasteiger partial charge >= 0.3 is 6.09 Å². The number of nitro groups is 1. The average molecular weight is 342 g/mol. The number of amides is 1. The fourth-order valence-corrected chi connectivity index (χ4v) is 3.03. The number of nitrogens with zero attached hydrogens (tertiary/aromatic N) is 4. The maximum absolute atomic E-state index is 12.2. The first kappa shape index (κ1) is 18.4. The van der Waals surface area contributed by atoms with Crippen molar-refractivity contribution in [2.24, 2.45) is 16.9 Å². The van der Waals surface area contributed by atoms with Crippen LogP contribution in [0.1, 0.15) is 34.1 Å². The van der Waals surface area contributed by atoms with Crippen molar-refractivity contribution in [3.8, 4) is 0 Å². The lowest BCUT2D eigenvalue weighted by Gasteiger charge is -2.22. The fraction of sp³-hybridized carbons (Fsp3) is 0.867. The van der Waals surface area contributed by atoms with Crippen molar-refractivity contribution in [2.45, 2.75) is 39.7 Å². The highest BCUT2D eigenvalue weighted by Crippen LogP contribution is 2.30. The second-order valence-corrected chi connectivity index (χ2v) is 7.35.